The van der Waals surface area contributed by atoms with E-state index in [1.807, 2.05) is 24.3 Å². The number of hydrogen-bond acceptors (Lipinski definition) is 4. The van der Waals surface area contributed by atoms with Crippen LogP contribution in [-0.2, 0) is 4.74 Å². The summed E-state index contributed by atoms with van der Waals surface area (Å²) in [4.78, 5) is 16.1. The van der Waals surface area contributed by atoms with Crippen LogP contribution in [0, 0.1) is 11.8 Å². The van der Waals surface area contributed by atoms with Crippen molar-refractivity contribution in [2.24, 2.45) is 0 Å². The van der Waals surface area contributed by atoms with Gasteiger partial charge in [-0.25, -0.2) is 9.78 Å². The molecular weight excluding hydrogens is 364 g/mol. The van der Waals surface area contributed by atoms with Gasteiger partial charge in [0.25, 0.3) is 0 Å². The minimum atomic E-state index is -0.448. The number of pyridine rings is 1. The second-order valence-corrected chi connectivity index (χ2v) is 6.71. The molecule has 0 atom stereocenters. The van der Waals surface area contributed by atoms with Crippen molar-refractivity contribution in [2.45, 2.75) is 12.3 Å². The summed E-state index contributed by atoms with van der Waals surface area (Å²) in [6.45, 7) is 0.685. The molecule has 2 N–H and O–H groups in total. The number of hydrogen-bond donors (Lipinski definition) is 2. The van der Waals surface area contributed by atoms with E-state index in [9.17, 15) is 9.90 Å². The number of amides is 1. The molecular formula is C24H20N2O3. The SMILES string of the molecule is O=C(NCCC#Cc1ccc(O)cn1)OCC1c2ccccc2-c2ccccc21. The van der Waals surface area contributed by atoms with Gasteiger partial charge in [-0.15, -0.1) is 0 Å². The maximum absolute atomic E-state index is 12.1. The standard InChI is InChI=1S/C24H20N2O3/c27-18-13-12-17(26-15-18)7-5-6-14-25-24(28)29-16-23-21-10-3-1-8-19(21)20-9-2-4-11-22(20)23/h1-4,8-13,15,23,27H,6,14,16H2,(H,25,28). The molecule has 0 saturated heterocycles. The molecule has 5 nitrogen and oxygen atoms in total. The summed E-state index contributed by atoms with van der Waals surface area (Å²) in [5.74, 6) is 5.97. The van der Waals surface area contributed by atoms with Crippen molar-refractivity contribution in [3.8, 4) is 28.7 Å². The van der Waals surface area contributed by atoms with Gasteiger partial charge in [0.2, 0.25) is 0 Å². The van der Waals surface area contributed by atoms with Crippen LogP contribution in [0.2, 0.25) is 0 Å². The smallest absolute Gasteiger partial charge is 0.407 e. The molecule has 1 heterocycles. The molecule has 144 valence electrons. The van der Waals surface area contributed by atoms with Crippen LogP contribution in [0.15, 0.2) is 66.9 Å². The Bertz CT molecular complexity index is 1040. The average molecular weight is 384 g/mol. The summed E-state index contributed by atoms with van der Waals surface area (Å²) in [6, 6.07) is 19.7. The van der Waals surface area contributed by atoms with E-state index in [1.165, 1.54) is 34.5 Å². The van der Waals surface area contributed by atoms with E-state index >= 15 is 0 Å². The van der Waals surface area contributed by atoms with Gasteiger partial charge in [0.05, 0.1) is 6.20 Å². The van der Waals surface area contributed by atoms with Gasteiger partial charge in [0, 0.05) is 18.9 Å². The molecule has 1 aromatic heterocycles. The predicted molar refractivity (Wildman–Crippen MR) is 110 cm³/mol. The van der Waals surface area contributed by atoms with Gasteiger partial charge in [0.15, 0.2) is 0 Å². The fourth-order valence-electron chi connectivity index (χ4n) is 3.49. The van der Waals surface area contributed by atoms with Crippen LogP contribution in [0.25, 0.3) is 11.1 Å². The summed E-state index contributed by atoms with van der Waals surface area (Å²) < 4.78 is 5.48. The van der Waals surface area contributed by atoms with Crippen LogP contribution in [0.1, 0.15) is 29.2 Å². The van der Waals surface area contributed by atoms with Crippen molar-refractivity contribution >= 4 is 6.09 Å². The molecule has 4 rings (SSSR count). The number of benzene rings is 2. The van der Waals surface area contributed by atoms with E-state index in [4.69, 9.17) is 4.74 Å². The first kappa shape index (κ1) is 18.6. The number of aromatic hydroxyl groups is 1. The molecule has 0 bridgehead atoms. The highest BCUT2D eigenvalue weighted by Gasteiger charge is 2.28. The van der Waals surface area contributed by atoms with Gasteiger partial charge in [0.1, 0.15) is 18.1 Å². The van der Waals surface area contributed by atoms with Crippen molar-refractivity contribution in [1.82, 2.24) is 10.3 Å². The van der Waals surface area contributed by atoms with E-state index in [0.717, 1.165) is 0 Å². The van der Waals surface area contributed by atoms with Crippen LogP contribution in [-0.4, -0.2) is 29.3 Å². The number of carbonyl (C=O) groups excluding carboxylic acids is 1. The molecule has 1 amide bonds. The molecule has 0 fully saturated rings. The zero-order valence-corrected chi connectivity index (χ0v) is 15.8. The molecule has 3 aromatic rings. The minimum absolute atomic E-state index is 0.0495. The number of nitrogens with one attached hydrogen (secondary N) is 1. The molecule has 0 aliphatic heterocycles. The van der Waals surface area contributed by atoms with Gasteiger partial charge >= 0.3 is 6.09 Å². The molecule has 0 radical (unpaired) electrons. The summed E-state index contributed by atoms with van der Waals surface area (Å²) in [7, 11) is 0. The Morgan fingerprint density at radius 1 is 1.03 bits per heavy atom. The van der Waals surface area contributed by atoms with E-state index in [0.29, 0.717) is 25.3 Å². The lowest BCUT2D eigenvalue weighted by molar-refractivity contribution is 0.143. The van der Waals surface area contributed by atoms with Gasteiger partial charge < -0.3 is 15.2 Å². The van der Waals surface area contributed by atoms with Gasteiger partial charge in [-0.2, -0.15) is 0 Å². The Labute approximate surface area is 169 Å². The second-order valence-electron chi connectivity index (χ2n) is 6.71. The molecule has 1 aliphatic rings. The van der Waals surface area contributed by atoms with E-state index < -0.39 is 6.09 Å². The van der Waals surface area contributed by atoms with Crippen molar-refractivity contribution in [1.29, 1.82) is 0 Å². The lowest BCUT2D eigenvalue weighted by Gasteiger charge is -2.14. The Kier molecular flexibility index (Phi) is 5.44. The maximum Gasteiger partial charge on any atom is 0.407 e. The van der Waals surface area contributed by atoms with Gasteiger partial charge in [-0.1, -0.05) is 54.5 Å². The second kappa shape index (κ2) is 8.49. The largest absolute Gasteiger partial charge is 0.506 e. The number of fused-ring (bicyclic) bond motifs is 3. The zero-order chi connectivity index (χ0) is 20.1. The molecule has 1 aliphatic carbocycles. The quantitative estimate of drug-likeness (QED) is 0.525. The number of ether oxygens (including phenoxy) is 1. The van der Waals surface area contributed by atoms with Crippen molar-refractivity contribution < 1.29 is 14.6 Å². The third-order valence-corrected chi connectivity index (χ3v) is 4.83. The monoisotopic (exact) mass is 384 g/mol. The van der Waals surface area contributed by atoms with Crippen LogP contribution >= 0.6 is 0 Å². The lowest BCUT2D eigenvalue weighted by atomic mass is 9.98. The molecule has 0 unspecified atom stereocenters. The number of carbonyl (C=O) groups is 1. The van der Waals surface area contributed by atoms with Crippen molar-refractivity contribution in [3.05, 3.63) is 83.7 Å². The summed E-state index contributed by atoms with van der Waals surface area (Å²) in [6.07, 6.45) is 1.38. The third kappa shape index (κ3) is 4.22. The molecule has 2 aromatic carbocycles. The Hall–Kier alpha value is -3.78. The van der Waals surface area contributed by atoms with Gasteiger partial charge in [-0.3, -0.25) is 0 Å². The Morgan fingerprint density at radius 2 is 1.72 bits per heavy atom. The summed E-state index contributed by atoms with van der Waals surface area (Å²) in [5, 5.41) is 11.9. The number of nitrogens with zero attached hydrogens (tertiary/aromatic N) is 1. The normalized spacial score (nSPS) is 11.7. The first-order valence-electron chi connectivity index (χ1n) is 9.45. The van der Waals surface area contributed by atoms with Crippen LogP contribution in [0.3, 0.4) is 0 Å². The fraction of sp³-hybridized carbons (Fsp3) is 0.167. The molecule has 0 saturated carbocycles. The topological polar surface area (TPSA) is 71.5 Å². The Morgan fingerprint density at radius 3 is 2.38 bits per heavy atom. The first-order chi connectivity index (χ1) is 14.2. The first-order valence-corrected chi connectivity index (χ1v) is 9.45. The van der Waals surface area contributed by atoms with Crippen LogP contribution < -0.4 is 5.32 Å². The number of rotatable bonds is 4. The molecule has 5 heteroatoms. The maximum atomic E-state index is 12.1. The number of aromatic nitrogens is 1. The Balaban J connectivity index is 1.29. The molecule has 0 spiro atoms. The predicted octanol–water partition coefficient (Wildman–Crippen LogP) is 4.07. The van der Waals surface area contributed by atoms with Crippen molar-refractivity contribution in [3.63, 3.8) is 0 Å². The van der Waals surface area contributed by atoms with Crippen LogP contribution in [0.4, 0.5) is 4.79 Å². The van der Waals surface area contributed by atoms with E-state index in [-0.39, 0.29) is 11.7 Å². The summed E-state index contributed by atoms with van der Waals surface area (Å²) in [5.41, 5.74) is 5.36. The summed E-state index contributed by atoms with van der Waals surface area (Å²) >= 11 is 0. The highest BCUT2D eigenvalue weighted by atomic mass is 16.5. The minimum Gasteiger partial charge on any atom is -0.506 e. The highest BCUT2D eigenvalue weighted by Crippen LogP contribution is 2.44. The average Bonchev–Trinajstić information content (AvgIpc) is 3.07. The zero-order valence-electron chi connectivity index (χ0n) is 15.8. The van der Waals surface area contributed by atoms with Crippen LogP contribution in [0.5, 0.6) is 5.75 Å². The van der Waals surface area contributed by atoms with Crippen molar-refractivity contribution in [2.75, 3.05) is 13.2 Å². The number of alkyl carbamates (subject to hydrolysis) is 1. The van der Waals surface area contributed by atoms with E-state index in [2.05, 4.69) is 46.4 Å². The highest BCUT2D eigenvalue weighted by molar-refractivity contribution is 5.79. The third-order valence-electron chi connectivity index (χ3n) is 4.83. The lowest BCUT2D eigenvalue weighted by Crippen LogP contribution is -2.26. The fourth-order valence-corrected chi connectivity index (χ4v) is 3.49. The van der Waals surface area contributed by atoms with E-state index in [1.54, 1.807) is 6.07 Å². The van der Waals surface area contributed by atoms with Gasteiger partial charge in [-0.05, 0) is 40.3 Å². The molecule has 29 heavy (non-hydrogen) atoms.